The molecule has 0 aromatic carbocycles. The molecule has 9 nitrogen and oxygen atoms in total. The van der Waals surface area contributed by atoms with E-state index in [0.717, 1.165) is 60.4 Å². The van der Waals surface area contributed by atoms with Gasteiger partial charge in [-0.2, -0.15) is 0 Å². The third-order valence-electron chi connectivity index (χ3n) is 6.03. The summed E-state index contributed by atoms with van der Waals surface area (Å²) in [5, 5.41) is 24.1. The van der Waals surface area contributed by atoms with Crippen molar-refractivity contribution in [2.24, 2.45) is 5.73 Å². The molecule has 1 fully saturated rings. The van der Waals surface area contributed by atoms with Crippen molar-refractivity contribution in [3.8, 4) is 5.88 Å². The van der Waals surface area contributed by atoms with Gasteiger partial charge < -0.3 is 31.9 Å². The van der Waals surface area contributed by atoms with Crippen molar-refractivity contribution in [2.75, 3.05) is 30.3 Å². The molecule has 10 heteroatoms. The van der Waals surface area contributed by atoms with E-state index in [1.165, 1.54) is 17.4 Å². The molecule has 0 aliphatic carbocycles. The lowest BCUT2D eigenvalue weighted by atomic mass is 10.0. The van der Waals surface area contributed by atoms with Crippen molar-refractivity contribution in [1.29, 1.82) is 0 Å². The summed E-state index contributed by atoms with van der Waals surface area (Å²) in [4.78, 5) is 23.9. The fourth-order valence-corrected chi connectivity index (χ4v) is 5.31. The number of carbonyl (C=O) groups is 1. The zero-order valence-electron chi connectivity index (χ0n) is 18.6. The van der Waals surface area contributed by atoms with Crippen LogP contribution in [0.25, 0.3) is 10.2 Å². The Morgan fingerprint density at radius 2 is 2.09 bits per heavy atom. The molecule has 33 heavy (non-hydrogen) atoms. The molecule has 4 heterocycles. The number of nitrogens with two attached hydrogens (primary N) is 2. The SMILES string of the molecule is CCCc1cc(N2CCC(NCC(O)c3cccc(O)n3)CC2)nc2sc(C(N)=O)c(N)c12. The number of piperidine rings is 1. The number of nitrogen functional groups attached to an aromatic ring is 1. The summed E-state index contributed by atoms with van der Waals surface area (Å²) in [6.07, 6.45) is 2.84. The molecular weight excluding hydrogens is 440 g/mol. The van der Waals surface area contributed by atoms with Crippen LogP contribution in [0.1, 0.15) is 53.2 Å². The highest BCUT2D eigenvalue weighted by Crippen LogP contribution is 2.37. The Kier molecular flexibility index (Phi) is 6.96. The van der Waals surface area contributed by atoms with Crippen molar-refractivity contribution in [3.63, 3.8) is 0 Å². The Bertz CT molecular complexity index is 1140. The van der Waals surface area contributed by atoms with Crippen molar-refractivity contribution in [1.82, 2.24) is 15.3 Å². The maximum Gasteiger partial charge on any atom is 0.260 e. The van der Waals surface area contributed by atoms with Crippen molar-refractivity contribution in [2.45, 2.75) is 44.8 Å². The molecule has 1 saturated heterocycles. The number of anilines is 2. The van der Waals surface area contributed by atoms with E-state index < -0.39 is 12.0 Å². The maximum atomic E-state index is 11.8. The van der Waals surface area contributed by atoms with Gasteiger partial charge in [0.1, 0.15) is 21.6 Å². The summed E-state index contributed by atoms with van der Waals surface area (Å²) in [6, 6.07) is 7.21. The minimum Gasteiger partial charge on any atom is -0.493 e. The molecule has 1 atom stereocenters. The zero-order valence-corrected chi connectivity index (χ0v) is 19.4. The number of carbonyl (C=O) groups excluding carboxylic acids is 1. The molecular formula is C23H30N6O3S. The Hall–Kier alpha value is -2.95. The third kappa shape index (κ3) is 5.02. The van der Waals surface area contributed by atoms with Crippen molar-refractivity contribution < 1.29 is 15.0 Å². The normalized spacial score (nSPS) is 15.8. The predicted octanol–water partition coefficient (Wildman–Crippen LogP) is 2.32. The number of amides is 1. The van der Waals surface area contributed by atoms with Crippen LogP contribution in [0.5, 0.6) is 5.88 Å². The molecule has 1 unspecified atom stereocenters. The highest BCUT2D eigenvalue weighted by atomic mass is 32.1. The van der Waals surface area contributed by atoms with E-state index in [9.17, 15) is 15.0 Å². The zero-order chi connectivity index (χ0) is 23.5. The van der Waals surface area contributed by atoms with Crippen LogP contribution in [0.3, 0.4) is 0 Å². The van der Waals surface area contributed by atoms with Gasteiger partial charge in [-0.25, -0.2) is 9.97 Å². The molecule has 1 aliphatic rings. The molecule has 0 spiro atoms. The number of aliphatic hydroxyl groups is 1. The Morgan fingerprint density at radius 1 is 1.33 bits per heavy atom. The average molecular weight is 471 g/mol. The lowest BCUT2D eigenvalue weighted by molar-refractivity contribution is 0.100. The molecule has 176 valence electrons. The molecule has 0 radical (unpaired) electrons. The first-order valence-electron chi connectivity index (χ1n) is 11.2. The maximum absolute atomic E-state index is 11.8. The number of hydrogen-bond donors (Lipinski definition) is 5. The second kappa shape index (κ2) is 9.90. The van der Waals surface area contributed by atoms with Crippen LogP contribution in [-0.4, -0.2) is 51.8 Å². The number of rotatable bonds is 8. The lowest BCUT2D eigenvalue weighted by Gasteiger charge is -2.34. The van der Waals surface area contributed by atoms with Crippen LogP contribution in [0.2, 0.25) is 0 Å². The van der Waals surface area contributed by atoms with Gasteiger partial charge in [-0.15, -0.1) is 11.3 Å². The van der Waals surface area contributed by atoms with E-state index >= 15 is 0 Å². The van der Waals surface area contributed by atoms with Crippen molar-refractivity contribution >= 4 is 39.0 Å². The molecule has 7 N–H and O–H groups in total. The van der Waals surface area contributed by atoms with E-state index in [2.05, 4.69) is 28.2 Å². The van der Waals surface area contributed by atoms with E-state index in [0.29, 0.717) is 22.8 Å². The first-order chi connectivity index (χ1) is 15.9. The Balaban J connectivity index is 1.42. The summed E-state index contributed by atoms with van der Waals surface area (Å²) in [5.41, 5.74) is 13.7. The highest BCUT2D eigenvalue weighted by Gasteiger charge is 2.24. The third-order valence-corrected chi connectivity index (χ3v) is 7.14. The largest absolute Gasteiger partial charge is 0.493 e. The summed E-state index contributed by atoms with van der Waals surface area (Å²) < 4.78 is 0. The minimum absolute atomic E-state index is 0.0952. The second-order valence-corrected chi connectivity index (χ2v) is 9.38. The fraction of sp³-hybridized carbons (Fsp3) is 0.435. The number of hydrogen-bond acceptors (Lipinski definition) is 9. The molecule has 3 aromatic rings. The number of aliphatic hydroxyl groups excluding tert-OH is 1. The highest BCUT2D eigenvalue weighted by molar-refractivity contribution is 7.21. The fourth-order valence-electron chi connectivity index (χ4n) is 4.32. The molecule has 4 rings (SSSR count). The monoisotopic (exact) mass is 470 g/mol. The van der Waals surface area contributed by atoms with Crippen LogP contribution >= 0.6 is 11.3 Å². The number of nitrogens with one attached hydrogen (secondary N) is 1. The number of nitrogens with zero attached hydrogens (tertiary/aromatic N) is 3. The number of fused-ring (bicyclic) bond motifs is 1. The van der Waals surface area contributed by atoms with Crippen LogP contribution in [0.15, 0.2) is 24.3 Å². The Morgan fingerprint density at radius 3 is 2.76 bits per heavy atom. The summed E-state index contributed by atoms with van der Waals surface area (Å²) in [6.45, 7) is 4.13. The quantitative estimate of drug-likeness (QED) is 0.336. The van der Waals surface area contributed by atoms with E-state index in [1.54, 1.807) is 12.1 Å². The van der Waals surface area contributed by atoms with Gasteiger partial charge in [0.15, 0.2) is 0 Å². The standard InChI is InChI=1S/C23H30N6O3S/c1-2-4-13-11-17(28-23-19(13)20(24)21(33-23)22(25)32)29-9-7-14(8-10-29)26-12-16(30)15-5-3-6-18(31)27-15/h3,5-6,11,14,16,26,30H,2,4,7-10,12,24H2,1H3,(H2,25,32)(H,27,31). The van der Waals surface area contributed by atoms with Crippen LogP contribution in [0.4, 0.5) is 11.5 Å². The summed E-state index contributed by atoms with van der Waals surface area (Å²) in [7, 11) is 0. The number of aromatic hydroxyl groups is 1. The van der Waals surface area contributed by atoms with Gasteiger partial charge >= 0.3 is 0 Å². The first-order valence-corrected chi connectivity index (χ1v) is 12.0. The molecule has 0 bridgehead atoms. The second-order valence-electron chi connectivity index (χ2n) is 8.38. The number of aromatic nitrogens is 2. The number of thiophene rings is 1. The minimum atomic E-state index is -0.778. The van der Waals surface area contributed by atoms with Crippen LogP contribution in [-0.2, 0) is 6.42 Å². The summed E-state index contributed by atoms with van der Waals surface area (Å²) in [5.74, 6) is 0.280. The smallest absolute Gasteiger partial charge is 0.260 e. The van der Waals surface area contributed by atoms with Crippen molar-refractivity contribution in [3.05, 3.63) is 40.4 Å². The van der Waals surface area contributed by atoms with Crippen LogP contribution in [0, 0.1) is 0 Å². The van der Waals surface area contributed by atoms with Crippen LogP contribution < -0.4 is 21.7 Å². The number of pyridine rings is 2. The van der Waals surface area contributed by atoms with Gasteiger partial charge in [-0.3, -0.25) is 4.79 Å². The van der Waals surface area contributed by atoms with Gasteiger partial charge in [-0.1, -0.05) is 19.4 Å². The van der Waals surface area contributed by atoms with Gasteiger partial charge in [0.05, 0.1) is 11.4 Å². The molecule has 1 aliphatic heterocycles. The van der Waals surface area contributed by atoms with Gasteiger partial charge in [-0.05, 0) is 37.0 Å². The topological polar surface area (TPSA) is 151 Å². The lowest BCUT2D eigenvalue weighted by Crippen LogP contribution is -2.44. The van der Waals surface area contributed by atoms with Gasteiger partial charge in [0.2, 0.25) is 5.88 Å². The Labute approximate surface area is 196 Å². The van der Waals surface area contributed by atoms with E-state index in [-0.39, 0.29) is 11.9 Å². The predicted molar refractivity (Wildman–Crippen MR) is 131 cm³/mol. The number of primary amides is 1. The van der Waals surface area contributed by atoms with Gasteiger partial charge in [0, 0.05) is 37.1 Å². The molecule has 0 saturated carbocycles. The molecule has 1 amide bonds. The molecule has 3 aromatic heterocycles. The first kappa shape index (κ1) is 23.2. The average Bonchev–Trinajstić information content (AvgIpc) is 3.15. The van der Waals surface area contributed by atoms with E-state index in [1.807, 2.05) is 0 Å². The summed E-state index contributed by atoms with van der Waals surface area (Å²) >= 11 is 1.26. The van der Waals surface area contributed by atoms with E-state index in [4.69, 9.17) is 16.5 Å². The number of aryl methyl sites for hydroxylation is 1. The van der Waals surface area contributed by atoms with Gasteiger partial charge in [0.25, 0.3) is 5.91 Å².